The Labute approximate surface area is 278 Å². The summed E-state index contributed by atoms with van der Waals surface area (Å²) < 4.78 is 2.03. The number of rotatable bonds is 9. The molecular formula is C33H35Cl2N7O2S. The van der Waals surface area contributed by atoms with Crippen molar-refractivity contribution in [2.24, 2.45) is 10.7 Å². The third-order valence-corrected chi connectivity index (χ3v) is 8.81. The van der Waals surface area contributed by atoms with Gasteiger partial charge in [-0.2, -0.15) is 0 Å². The molecule has 1 unspecified atom stereocenters. The number of aliphatic imine (C=N–C) groups is 1. The number of hydrogen-bond acceptors (Lipinski definition) is 7. The number of aryl methyl sites for hydroxylation is 2. The Kier molecular flexibility index (Phi) is 11.5. The molecule has 45 heavy (non-hydrogen) atoms. The van der Waals surface area contributed by atoms with Crippen molar-refractivity contribution in [1.29, 1.82) is 0 Å². The SMILES string of the molecule is Cc1sc2c(c1C)C(c1ccc(Cl)cc1)=NC(CC(=O)NCCCCC(=O)Nc1cccc(C#CCN)c1)c1nnc(C)n1-2.Cl. The lowest BCUT2D eigenvalue weighted by atomic mass is 9.99. The number of benzene rings is 2. The van der Waals surface area contributed by atoms with Crippen LogP contribution in [0.1, 0.15) is 70.5 Å². The predicted molar refractivity (Wildman–Crippen MR) is 183 cm³/mol. The van der Waals surface area contributed by atoms with Crippen LogP contribution in [0.2, 0.25) is 5.02 Å². The first-order chi connectivity index (χ1) is 21.2. The van der Waals surface area contributed by atoms with Crippen LogP contribution in [0.3, 0.4) is 0 Å². The van der Waals surface area contributed by atoms with Crippen molar-refractivity contribution in [3.8, 4) is 16.8 Å². The number of nitrogens with zero attached hydrogens (tertiary/aromatic N) is 4. The number of unbranched alkanes of at least 4 members (excludes halogenated alkanes) is 1. The molecule has 0 bridgehead atoms. The van der Waals surface area contributed by atoms with Gasteiger partial charge in [-0.3, -0.25) is 19.1 Å². The zero-order chi connectivity index (χ0) is 31.2. The van der Waals surface area contributed by atoms with Crippen molar-refractivity contribution in [2.75, 3.05) is 18.4 Å². The number of nitrogens with one attached hydrogen (secondary N) is 2. The zero-order valence-electron chi connectivity index (χ0n) is 25.3. The molecule has 1 aliphatic heterocycles. The van der Waals surface area contributed by atoms with Crippen molar-refractivity contribution in [3.63, 3.8) is 0 Å². The maximum atomic E-state index is 13.2. The first kappa shape index (κ1) is 33.9. The van der Waals surface area contributed by atoms with Gasteiger partial charge in [0, 0.05) is 45.2 Å². The molecule has 234 valence electrons. The van der Waals surface area contributed by atoms with E-state index in [1.165, 1.54) is 4.88 Å². The summed E-state index contributed by atoms with van der Waals surface area (Å²) in [6.07, 6.45) is 1.76. The number of halogens is 2. The Morgan fingerprint density at radius 3 is 2.60 bits per heavy atom. The molecule has 4 aromatic rings. The van der Waals surface area contributed by atoms with E-state index < -0.39 is 6.04 Å². The van der Waals surface area contributed by atoms with Crippen molar-refractivity contribution in [3.05, 3.63) is 92.3 Å². The van der Waals surface area contributed by atoms with Crippen LogP contribution >= 0.6 is 35.3 Å². The fraction of sp³-hybridized carbons (Fsp3) is 0.303. The number of hydrogen-bond donors (Lipinski definition) is 3. The van der Waals surface area contributed by atoms with E-state index in [0.29, 0.717) is 42.3 Å². The van der Waals surface area contributed by atoms with E-state index in [1.54, 1.807) is 11.3 Å². The minimum Gasteiger partial charge on any atom is -0.356 e. The normalized spacial score (nSPS) is 13.3. The Hall–Kier alpha value is -4.01. The molecule has 5 rings (SSSR count). The Bertz CT molecular complexity index is 1780. The minimum absolute atomic E-state index is 0. The van der Waals surface area contributed by atoms with Gasteiger partial charge in [-0.15, -0.1) is 33.9 Å². The molecule has 2 aromatic heterocycles. The average Bonchev–Trinajstić information content (AvgIpc) is 3.48. The van der Waals surface area contributed by atoms with Gasteiger partial charge in [0.2, 0.25) is 11.8 Å². The third-order valence-electron chi connectivity index (χ3n) is 7.37. The van der Waals surface area contributed by atoms with Crippen LogP contribution in [0.4, 0.5) is 5.69 Å². The zero-order valence-corrected chi connectivity index (χ0v) is 27.7. The summed E-state index contributed by atoms with van der Waals surface area (Å²) >= 11 is 7.87. The lowest BCUT2D eigenvalue weighted by Crippen LogP contribution is -2.26. The Morgan fingerprint density at radius 1 is 1.07 bits per heavy atom. The fourth-order valence-electron chi connectivity index (χ4n) is 5.07. The van der Waals surface area contributed by atoms with Crippen molar-refractivity contribution < 1.29 is 9.59 Å². The van der Waals surface area contributed by atoms with E-state index in [1.807, 2.05) is 60.0 Å². The molecule has 3 heterocycles. The second kappa shape index (κ2) is 15.3. The van der Waals surface area contributed by atoms with Gasteiger partial charge in [0.25, 0.3) is 0 Å². The summed E-state index contributed by atoms with van der Waals surface area (Å²) in [5, 5.41) is 16.4. The number of thiophene rings is 1. The van der Waals surface area contributed by atoms with Gasteiger partial charge in [-0.1, -0.05) is 41.6 Å². The summed E-state index contributed by atoms with van der Waals surface area (Å²) in [5.41, 5.74) is 10.8. The van der Waals surface area contributed by atoms with Crippen molar-refractivity contribution in [1.82, 2.24) is 20.1 Å². The summed E-state index contributed by atoms with van der Waals surface area (Å²) in [5.74, 6) is 6.92. The first-order valence-electron chi connectivity index (χ1n) is 14.5. The van der Waals surface area contributed by atoms with Gasteiger partial charge in [0.1, 0.15) is 16.9 Å². The van der Waals surface area contributed by atoms with Gasteiger partial charge in [0.15, 0.2) is 5.82 Å². The number of nitrogens with two attached hydrogens (primary N) is 1. The van der Waals surface area contributed by atoms with Gasteiger partial charge in [-0.05, 0) is 69.5 Å². The smallest absolute Gasteiger partial charge is 0.224 e. The molecule has 4 N–H and O–H groups in total. The molecule has 1 atom stereocenters. The van der Waals surface area contributed by atoms with Crippen molar-refractivity contribution in [2.45, 2.75) is 52.5 Å². The molecule has 0 saturated carbocycles. The molecule has 9 nitrogen and oxygen atoms in total. The first-order valence-corrected chi connectivity index (χ1v) is 15.7. The monoisotopic (exact) mass is 663 g/mol. The molecule has 0 saturated heterocycles. The summed E-state index contributed by atoms with van der Waals surface area (Å²) in [4.78, 5) is 31.9. The Morgan fingerprint density at radius 2 is 1.84 bits per heavy atom. The molecule has 2 amide bonds. The van der Waals surface area contributed by atoms with Crippen LogP contribution in [-0.2, 0) is 9.59 Å². The summed E-state index contributed by atoms with van der Waals surface area (Å²) in [6.45, 7) is 6.84. The molecule has 2 aromatic carbocycles. The van der Waals surface area contributed by atoms with Crippen LogP contribution in [0.25, 0.3) is 5.00 Å². The molecule has 0 radical (unpaired) electrons. The average molecular weight is 665 g/mol. The van der Waals surface area contributed by atoms with Gasteiger partial charge in [-0.25, -0.2) is 0 Å². The lowest BCUT2D eigenvalue weighted by Gasteiger charge is -2.13. The van der Waals surface area contributed by atoms with E-state index >= 15 is 0 Å². The minimum atomic E-state index is -0.530. The topological polar surface area (TPSA) is 127 Å². The number of carbonyl (C=O) groups is 2. The quantitative estimate of drug-likeness (QED) is 0.153. The molecule has 0 aliphatic carbocycles. The summed E-state index contributed by atoms with van der Waals surface area (Å²) in [7, 11) is 0. The van der Waals surface area contributed by atoms with Crippen LogP contribution < -0.4 is 16.4 Å². The molecule has 12 heteroatoms. The van der Waals surface area contributed by atoms with E-state index in [0.717, 1.165) is 38.8 Å². The number of amides is 2. The summed E-state index contributed by atoms with van der Waals surface area (Å²) in [6, 6.07) is 14.4. The standard InChI is InChI=1S/C33H34ClN7O2S.ClH/c1-20-21(2)44-33-30(20)31(24-12-14-25(34)15-13-24)38-27(32-40-39-22(3)41(32)33)19-29(43)36-17-5-4-11-28(42)37-26-10-6-8-23(18-26)9-7-16-35;/h6,8,10,12-15,18,27H,4-5,11,16-17,19,35H2,1-3H3,(H,36,43)(H,37,42);1H. The highest BCUT2D eigenvalue weighted by Crippen LogP contribution is 2.39. The number of fused-ring (bicyclic) bond motifs is 3. The third kappa shape index (κ3) is 7.99. The highest BCUT2D eigenvalue weighted by molar-refractivity contribution is 7.15. The van der Waals surface area contributed by atoms with Gasteiger partial charge in [0.05, 0.1) is 18.7 Å². The lowest BCUT2D eigenvalue weighted by molar-refractivity contribution is -0.121. The number of anilines is 1. The number of carbonyl (C=O) groups excluding carboxylic acids is 2. The maximum absolute atomic E-state index is 13.2. The Balaban J connectivity index is 0.00000461. The molecule has 0 fully saturated rings. The fourth-order valence-corrected chi connectivity index (χ4v) is 6.41. The van der Waals surface area contributed by atoms with Crippen molar-refractivity contribution >= 4 is 58.6 Å². The van der Waals surface area contributed by atoms with E-state index in [2.05, 4.69) is 46.5 Å². The van der Waals surface area contributed by atoms with Gasteiger partial charge >= 0.3 is 0 Å². The van der Waals surface area contributed by atoms with Crippen LogP contribution in [0, 0.1) is 32.6 Å². The predicted octanol–water partition coefficient (Wildman–Crippen LogP) is 5.85. The maximum Gasteiger partial charge on any atom is 0.224 e. The molecule has 1 aliphatic rings. The largest absolute Gasteiger partial charge is 0.356 e. The van der Waals surface area contributed by atoms with Crippen LogP contribution in [-0.4, -0.2) is 45.4 Å². The molecular weight excluding hydrogens is 629 g/mol. The van der Waals surface area contributed by atoms with E-state index in [-0.39, 0.29) is 37.2 Å². The second-order valence-corrected chi connectivity index (χ2v) is 12.2. The highest BCUT2D eigenvalue weighted by Gasteiger charge is 2.32. The second-order valence-electron chi connectivity index (χ2n) is 10.6. The van der Waals surface area contributed by atoms with Crippen LogP contribution in [0.15, 0.2) is 53.5 Å². The highest BCUT2D eigenvalue weighted by atomic mass is 35.5. The van der Waals surface area contributed by atoms with E-state index in [9.17, 15) is 9.59 Å². The van der Waals surface area contributed by atoms with E-state index in [4.69, 9.17) is 22.3 Å². The molecule has 0 spiro atoms. The number of aromatic nitrogens is 3. The van der Waals surface area contributed by atoms with Gasteiger partial charge < -0.3 is 16.4 Å². The van der Waals surface area contributed by atoms with Crippen LogP contribution in [0.5, 0.6) is 0 Å².